The van der Waals surface area contributed by atoms with Gasteiger partial charge in [-0.3, -0.25) is 4.79 Å². The number of hydrogen-bond donors (Lipinski definition) is 0. The molecule has 0 saturated heterocycles. The highest BCUT2D eigenvalue weighted by molar-refractivity contribution is 5.94. The van der Waals surface area contributed by atoms with Crippen molar-refractivity contribution in [1.29, 1.82) is 5.26 Å². The van der Waals surface area contributed by atoms with Crippen LogP contribution in [0.5, 0.6) is 5.75 Å². The first-order valence-electron chi connectivity index (χ1n) is 6.83. The molecule has 5 nitrogen and oxygen atoms in total. The van der Waals surface area contributed by atoms with Crippen molar-refractivity contribution in [1.82, 2.24) is 4.90 Å². The predicted molar refractivity (Wildman–Crippen MR) is 76.8 cm³/mol. The fraction of sp³-hybridized carbons (Fsp3) is 0.250. The number of nitrogens with zero attached hydrogens (tertiary/aromatic N) is 2. The van der Waals surface area contributed by atoms with Gasteiger partial charge in [0.2, 0.25) is 0 Å². The zero-order valence-electron chi connectivity index (χ0n) is 12.1. The maximum atomic E-state index is 12.5. The van der Waals surface area contributed by atoms with Gasteiger partial charge < -0.3 is 14.1 Å². The molecule has 23 heavy (non-hydrogen) atoms. The second-order valence-corrected chi connectivity index (χ2v) is 4.62. The Morgan fingerprint density at radius 2 is 2.17 bits per heavy atom. The number of alkyl halides is 2. The van der Waals surface area contributed by atoms with Crippen molar-refractivity contribution in [3.8, 4) is 11.8 Å². The molecule has 0 N–H and O–H groups in total. The first-order chi connectivity index (χ1) is 11.1. The molecule has 0 saturated carbocycles. The Kier molecular flexibility index (Phi) is 5.69. The van der Waals surface area contributed by atoms with Gasteiger partial charge >= 0.3 is 6.61 Å². The third-order valence-corrected chi connectivity index (χ3v) is 3.01. The van der Waals surface area contributed by atoms with Crippen molar-refractivity contribution >= 4 is 5.91 Å². The van der Waals surface area contributed by atoms with Crippen LogP contribution in [0.4, 0.5) is 8.78 Å². The number of carbonyl (C=O) groups excluding carboxylic acids is 1. The van der Waals surface area contributed by atoms with Crippen LogP contribution in [-0.4, -0.2) is 24.0 Å². The number of rotatable bonds is 7. The van der Waals surface area contributed by atoms with Gasteiger partial charge in [-0.05, 0) is 30.3 Å². The Morgan fingerprint density at radius 1 is 1.35 bits per heavy atom. The van der Waals surface area contributed by atoms with E-state index in [4.69, 9.17) is 9.68 Å². The van der Waals surface area contributed by atoms with Crippen molar-refractivity contribution < 1.29 is 22.7 Å². The van der Waals surface area contributed by atoms with Crippen molar-refractivity contribution in [2.45, 2.75) is 19.6 Å². The molecule has 1 heterocycles. The highest BCUT2D eigenvalue weighted by atomic mass is 19.3. The van der Waals surface area contributed by atoms with Crippen molar-refractivity contribution in [2.24, 2.45) is 0 Å². The maximum Gasteiger partial charge on any atom is 0.387 e. The molecular formula is C16H14F2N2O3. The number of amides is 1. The Labute approximate surface area is 131 Å². The van der Waals surface area contributed by atoms with Gasteiger partial charge in [0, 0.05) is 12.1 Å². The van der Waals surface area contributed by atoms with Crippen LogP contribution in [0.1, 0.15) is 22.5 Å². The Bertz CT molecular complexity index is 681. The largest absolute Gasteiger partial charge is 0.467 e. The van der Waals surface area contributed by atoms with E-state index in [0.29, 0.717) is 5.76 Å². The summed E-state index contributed by atoms with van der Waals surface area (Å²) in [4.78, 5) is 14.0. The first-order valence-corrected chi connectivity index (χ1v) is 6.83. The fourth-order valence-corrected chi connectivity index (χ4v) is 2.02. The predicted octanol–water partition coefficient (Wildman–Crippen LogP) is 3.44. The number of furan rings is 1. The number of carbonyl (C=O) groups is 1. The quantitative estimate of drug-likeness (QED) is 0.784. The van der Waals surface area contributed by atoms with E-state index in [0.717, 1.165) is 0 Å². The van der Waals surface area contributed by atoms with Gasteiger partial charge in [0.1, 0.15) is 11.5 Å². The lowest BCUT2D eigenvalue weighted by molar-refractivity contribution is -0.0499. The zero-order valence-corrected chi connectivity index (χ0v) is 12.1. The molecule has 0 bridgehead atoms. The van der Waals surface area contributed by atoms with E-state index in [-0.39, 0.29) is 30.8 Å². The molecule has 1 aromatic heterocycles. The molecule has 0 aliphatic heterocycles. The highest BCUT2D eigenvalue weighted by Crippen LogP contribution is 2.18. The molecule has 0 radical (unpaired) electrons. The maximum absolute atomic E-state index is 12.5. The van der Waals surface area contributed by atoms with Gasteiger partial charge in [0.15, 0.2) is 0 Å². The highest BCUT2D eigenvalue weighted by Gasteiger charge is 2.18. The summed E-state index contributed by atoms with van der Waals surface area (Å²) in [5.41, 5.74) is 0.202. The molecule has 2 aromatic rings. The van der Waals surface area contributed by atoms with E-state index in [1.165, 1.54) is 35.4 Å². The average molecular weight is 320 g/mol. The van der Waals surface area contributed by atoms with Gasteiger partial charge in [-0.1, -0.05) is 6.07 Å². The van der Waals surface area contributed by atoms with Crippen molar-refractivity contribution in [2.75, 3.05) is 6.54 Å². The van der Waals surface area contributed by atoms with Gasteiger partial charge in [-0.25, -0.2) is 0 Å². The second-order valence-electron chi connectivity index (χ2n) is 4.62. The second kappa shape index (κ2) is 7.94. The number of nitriles is 1. The van der Waals surface area contributed by atoms with Crippen LogP contribution in [0.25, 0.3) is 0 Å². The van der Waals surface area contributed by atoms with E-state index in [1.807, 2.05) is 6.07 Å². The monoisotopic (exact) mass is 320 g/mol. The summed E-state index contributed by atoms with van der Waals surface area (Å²) in [6.07, 6.45) is 1.64. The third kappa shape index (κ3) is 4.81. The van der Waals surface area contributed by atoms with Gasteiger partial charge in [-0.2, -0.15) is 14.0 Å². The average Bonchev–Trinajstić information content (AvgIpc) is 3.03. The number of hydrogen-bond acceptors (Lipinski definition) is 4. The van der Waals surface area contributed by atoms with Crippen LogP contribution in [0.2, 0.25) is 0 Å². The minimum atomic E-state index is -2.96. The summed E-state index contributed by atoms with van der Waals surface area (Å²) >= 11 is 0. The van der Waals surface area contributed by atoms with Gasteiger partial charge in [-0.15, -0.1) is 0 Å². The molecule has 0 aliphatic rings. The van der Waals surface area contributed by atoms with Crippen LogP contribution in [0.15, 0.2) is 47.1 Å². The minimum absolute atomic E-state index is 0.0934. The summed E-state index contributed by atoms with van der Waals surface area (Å²) in [6, 6.07) is 10.9. The van der Waals surface area contributed by atoms with E-state index in [1.54, 1.807) is 12.1 Å². The lowest BCUT2D eigenvalue weighted by Gasteiger charge is -2.20. The summed E-state index contributed by atoms with van der Waals surface area (Å²) in [6.45, 7) is -2.57. The Hall–Kier alpha value is -2.88. The molecule has 7 heteroatoms. The van der Waals surface area contributed by atoms with Crippen LogP contribution in [0.3, 0.4) is 0 Å². The van der Waals surface area contributed by atoms with E-state index >= 15 is 0 Å². The SMILES string of the molecule is N#CCCN(Cc1ccco1)C(=O)c1cccc(OC(F)F)c1. The van der Waals surface area contributed by atoms with Crippen LogP contribution in [-0.2, 0) is 6.54 Å². The Morgan fingerprint density at radius 3 is 2.83 bits per heavy atom. The smallest absolute Gasteiger partial charge is 0.387 e. The number of ether oxygens (including phenoxy) is 1. The fourth-order valence-electron chi connectivity index (χ4n) is 2.02. The van der Waals surface area contributed by atoms with Gasteiger partial charge in [0.25, 0.3) is 5.91 Å². The zero-order chi connectivity index (χ0) is 16.7. The van der Waals surface area contributed by atoms with Crippen molar-refractivity contribution in [3.63, 3.8) is 0 Å². The molecular weight excluding hydrogens is 306 g/mol. The summed E-state index contributed by atoms with van der Waals surface area (Å²) < 4.78 is 34.0. The summed E-state index contributed by atoms with van der Waals surface area (Å²) in [5, 5.41) is 8.72. The molecule has 0 unspecified atom stereocenters. The minimum Gasteiger partial charge on any atom is -0.467 e. The molecule has 1 aromatic carbocycles. The van der Waals surface area contributed by atoms with Crippen molar-refractivity contribution in [3.05, 3.63) is 54.0 Å². The molecule has 0 atom stereocenters. The lowest BCUT2D eigenvalue weighted by Crippen LogP contribution is -2.31. The molecule has 0 spiro atoms. The van der Waals surface area contributed by atoms with Crippen LogP contribution in [0, 0.1) is 11.3 Å². The molecule has 1 amide bonds. The van der Waals surface area contributed by atoms with E-state index < -0.39 is 12.5 Å². The van der Waals surface area contributed by atoms with Gasteiger partial charge in [0.05, 0.1) is 25.3 Å². The summed E-state index contributed by atoms with van der Waals surface area (Å²) in [5.74, 6) is 0.0803. The van der Waals surface area contributed by atoms with E-state index in [2.05, 4.69) is 4.74 Å². The molecule has 120 valence electrons. The summed E-state index contributed by atoms with van der Waals surface area (Å²) in [7, 11) is 0. The topological polar surface area (TPSA) is 66.5 Å². The Balaban J connectivity index is 2.17. The third-order valence-electron chi connectivity index (χ3n) is 3.01. The molecule has 0 aliphatic carbocycles. The molecule has 2 rings (SSSR count). The standard InChI is InChI=1S/C16H14F2N2O3/c17-16(18)23-13-5-1-4-12(10-13)15(21)20(8-3-7-19)11-14-6-2-9-22-14/h1-2,4-6,9-10,16H,3,8,11H2. The van der Waals surface area contributed by atoms with Crippen LogP contribution < -0.4 is 4.74 Å². The normalized spacial score (nSPS) is 10.3. The van der Waals surface area contributed by atoms with Crippen LogP contribution >= 0.6 is 0 Å². The lowest BCUT2D eigenvalue weighted by atomic mass is 10.1. The first kappa shape index (κ1) is 16.5. The number of halogens is 2. The number of benzene rings is 1. The molecule has 0 fully saturated rings. The van der Waals surface area contributed by atoms with E-state index in [9.17, 15) is 13.6 Å².